The third-order valence-electron chi connectivity index (χ3n) is 2.66. The Hall–Kier alpha value is -2.17. The Balaban J connectivity index is 2.38. The van der Waals surface area contributed by atoms with Crippen LogP contribution in [0.4, 0.5) is 18.3 Å². The Morgan fingerprint density at radius 1 is 1.39 bits per heavy atom. The number of nitrogens with one attached hydrogen (secondary N) is 1. The van der Waals surface area contributed by atoms with E-state index in [4.69, 9.17) is 5.11 Å². The number of aromatic carboxylic acids is 1. The maximum atomic E-state index is 12.5. The van der Waals surface area contributed by atoms with E-state index in [0.717, 1.165) is 11.3 Å². The van der Waals surface area contributed by atoms with Gasteiger partial charge in [0.2, 0.25) is 5.91 Å². The molecule has 2 N–H and O–H groups in total. The van der Waals surface area contributed by atoms with E-state index in [0.29, 0.717) is 4.68 Å². The molecule has 11 heteroatoms. The van der Waals surface area contributed by atoms with Crippen LogP contribution in [0.15, 0.2) is 0 Å². The highest BCUT2D eigenvalue weighted by atomic mass is 32.1. The van der Waals surface area contributed by atoms with Crippen molar-refractivity contribution in [1.29, 1.82) is 0 Å². The average Bonchev–Trinajstić information content (AvgIpc) is 2.86. The van der Waals surface area contributed by atoms with Crippen molar-refractivity contribution >= 4 is 38.7 Å². The fourth-order valence-corrected chi connectivity index (χ4v) is 2.83. The van der Waals surface area contributed by atoms with E-state index in [2.05, 4.69) is 15.4 Å². The van der Waals surface area contributed by atoms with Crippen LogP contribution in [0.2, 0.25) is 0 Å². The first-order valence-electron chi connectivity index (χ1n) is 6.54. The molecule has 2 aromatic rings. The molecule has 0 aromatic carbocycles. The quantitative estimate of drug-likeness (QED) is 0.864. The maximum absolute atomic E-state index is 12.5. The summed E-state index contributed by atoms with van der Waals surface area (Å²) in [5.74, 6) is -1.71. The zero-order chi connectivity index (χ0) is 17.4. The number of carbonyl (C=O) groups is 2. The molecule has 0 spiro atoms. The van der Waals surface area contributed by atoms with Gasteiger partial charge in [-0.15, -0.1) is 0 Å². The summed E-state index contributed by atoms with van der Waals surface area (Å²) in [7, 11) is 0. The highest BCUT2D eigenvalue weighted by molar-refractivity contribution is 7.22. The normalized spacial score (nSPS) is 12.1. The second-order valence-electron chi connectivity index (χ2n) is 5.24. The van der Waals surface area contributed by atoms with E-state index < -0.39 is 24.4 Å². The number of anilines is 1. The molecule has 0 saturated carbocycles. The SMILES string of the molecule is CC(C)CC(=O)Nc1nc2c(s1)c(C(=O)O)nn2CC(F)(F)F. The highest BCUT2D eigenvalue weighted by Crippen LogP contribution is 2.31. The van der Waals surface area contributed by atoms with Crippen LogP contribution in [0.1, 0.15) is 30.8 Å². The van der Waals surface area contributed by atoms with Crippen LogP contribution in [0, 0.1) is 5.92 Å². The third kappa shape index (κ3) is 4.18. The molecule has 2 aromatic heterocycles. The van der Waals surface area contributed by atoms with Crippen LogP contribution in [0.5, 0.6) is 0 Å². The number of thiazole rings is 1. The van der Waals surface area contributed by atoms with Gasteiger partial charge in [-0.25, -0.2) is 9.48 Å². The maximum Gasteiger partial charge on any atom is 0.408 e. The second kappa shape index (κ2) is 6.14. The number of carbonyl (C=O) groups excluding carboxylic acids is 1. The van der Waals surface area contributed by atoms with Gasteiger partial charge < -0.3 is 10.4 Å². The molecule has 23 heavy (non-hydrogen) atoms. The predicted molar refractivity (Wildman–Crippen MR) is 76.5 cm³/mol. The van der Waals surface area contributed by atoms with E-state index in [-0.39, 0.29) is 33.7 Å². The second-order valence-corrected chi connectivity index (χ2v) is 6.24. The van der Waals surface area contributed by atoms with Gasteiger partial charge in [0.15, 0.2) is 16.5 Å². The minimum Gasteiger partial charge on any atom is -0.476 e. The van der Waals surface area contributed by atoms with Gasteiger partial charge in [-0.3, -0.25) is 4.79 Å². The zero-order valence-electron chi connectivity index (χ0n) is 12.1. The Morgan fingerprint density at radius 3 is 2.57 bits per heavy atom. The fourth-order valence-electron chi connectivity index (χ4n) is 1.87. The van der Waals surface area contributed by atoms with E-state index in [9.17, 15) is 22.8 Å². The topological polar surface area (TPSA) is 97.1 Å². The molecule has 0 aliphatic rings. The zero-order valence-corrected chi connectivity index (χ0v) is 13.0. The minimum absolute atomic E-state index is 0.0124. The van der Waals surface area contributed by atoms with Gasteiger partial charge in [0.25, 0.3) is 0 Å². The Labute approximate surface area is 132 Å². The number of hydrogen-bond donors (Lipinski definition) is 2. The summed E-state index contributed by atoms with van der Waals surface area (Å²) in [6.45, 7) is 2.21. The van der Waals surface area contributed by atoms with Crippen LogP contribution in [-0.2, 0) is 11.3 Å². The number of carboxylic acids is 1. The fraction of sp³-hybridized carbons (Fsp3) is 0.500. The van der Waals surface area contributed by atoms with Crippen molar-refractivity contribution in [3.63, 3.8) is 0 Å². The van der Waals surface area contributed by atoms with Crippen LogP contribution >= 0.6 is 11.3 Å². The van der Waals surface area contributed by atoms with E-state index in [1.807, 2.05) is 13.8 Å². The van der Waals surface area contributed by atoms with E-state index >= 15 is 0 Å². The van der Waals surface area contributed by atoms with Crippen molar-refractivity contribution in [1.82, 2.24) is 14.8 Å². The lowest BCUT2D eigenvalue weighted by atomic mass is 10.1. The standard InChI is InChI=1S/C12H13F3N4O3S/c1-5(2)3-6(20)16-11-17-9-8(23-11)7(10(21)22)18-19(9)4-12(13,14)15/h5H,3-4H2,1-2H3,(H,21,22)(H,16,17,20). The lowest BCUT2D eigenvalue weighted by Gasteiger charge is -2.06. The van der Waals surface area contributed by atoms with Crippen LogP contribution in [-0.4, -0.2) is 37.9 Å². The predicted octanol–water partition coefficient (Wildman–Crippen LogP) is 2.74. The molecule has 7 nitrogen and oxygen atoms in total. The Bertz CT molecular complexity index is 751. The number of aromatic nitrogens is 3. The van der Waals surface area contributed by atoms with E-state index in [1.165, 1.54) is 0 Å². The van der Waals surface area contributed by atoms with Gasteiger partial charge in [0, 0.05) is 6.42 Å². The molecule has 0 bridgehead atoms. The number of amides is 1. The number of fused-ring (bicyclic) bond motifs is 1. The number of nitrogens with zero attached hydrogens (tertiary/aromatic N) is 3. The summed E-state index contributed by atoms with van der Waals surface area (Å²) in [6, 6.07) is 0. The van der Waals surface area contributed by atoms with Crippen molar-refractivity contribution in [3.05, 3.63) is 5.69 Å². The van der Waals surface area contributed by atoms with Crippen LogP contribution in [0.3, 0.4) is 0 Å². The summed E-state index contributed by atoms with van der Waals surface area (Å²) in [5.41, 5.74) is -0.740. The molecular weight excluding hydrogens is 337 g/mol. The number of carboxylic acid groups (broad SMARTS) is 1. The molecule has 0 saturated heterocycles. The molecule has 126 valence electrons. The molecule has 0 aliphatic heterocycles. The Morgan fingerprint density at radius 2 is 2.04 bits per heavy atom. The number of hydrogen-bond acceptors (Lipinski definition) is 5. The smallest absolute Gasteiger partial charge is 0.408 e. The first kappa shape index (κ1) is 17.2. The molecule has 0 radical (unpaired) electrons. The van der Waals surface area contributed by atoms with Gasteiger partial charge in [0.05, 0.1) is 0 Å². The Kier molecular flexibility index (Phi) is 4.59. The lowest BCUT2D eigenvalue weighted by Crippen LogP contribution is -2.19. The van der Waals surface area contributed by atoms with Crippen LogP contribution < -0.4 is 5.32 Å². The van der Waals surface area contributed by atoms with Crippen molar-refractivity contribution in [2.24, 2.45) is 5.92 Å². The van der Waals surface area contributed by atoms with E-state index in [1.54, 1.807) is 0 Å². The molecule has 0 fully saturated rings. The molecule has 2 rings (SSSR count). The average molecular weight is 350 g/mol. The number of rotatable bonds is 5. The summed E-state index contributed by atoms with van der Waals surface area (Å²) >= 11 is 0.780. The van der Waals surface area contributed by atoms with Crippen molar-refractivity contribution in [3.8, 4) is 0 Å². The third-order valence-corrected chi connectivity index (χ3v) is 3.63. The highest BCUT2D eigenvalue weighted by Gasteiger charge is 2.32. The molecule has 2 heterocycles. The minimum atomic E-state index is -4.57. The summed E-state index contributed by atoms with van der Waals surface area (Å²) < 4.78 is 38.1. The summed E-state index contributed by atoms with van der Waals surface area (Å²) in [4.78, 5) is 26.7. The largest absolute Gasteiger partial charge is 0.476 e. The molecular formula is C12H13F3N4O3S. The summed E-state index contributed by atoms with van der Waals surface area (Å²) in [6.07, 6.45) is -4.35. The monoisotopic (exact) mass is 350 g/mol. The van der Waals surface area contributed by atoms with Gasteiger partial charge in [-0.1, -0.05) is 25.2 Å². The number of alkyl halides is 3. The summed E-state index contributed by atoms with van der Waals surface area (Å²) in [5, 5.41) is 15.0. The molecule has 1 amide bonds. The van der Waals surface area contributed by atoms with Gasteiger partial charge in [0.1, 0.15) is 11.2 Å². The molecule has 0 unspecified atom stereocenters. The van der Waals surface area contributed by atoms with Crippen molar-refractivity contribution < 1.29 is 27.9 Å². The molecule has 0 aliphatic carbocycles. The van der Waals surface area contributed by atoms with Crippen molar-refractivity contribution in [2.75, 3.05) is 5.32 Å². The van der Waals surface area contributed by atoms with Crippen molar-refractivity contribution in [2.45, 2.75) is 33.0 Å². The van der Waals surface area contributed by atoms with Gasteiger partial charge >= 0.3 is 12.1 Å². The van der Waals surface area contributed by atoms with Crippen LogP contribution in [0.25, 0.3) is 10.3 Å². The molecule has 0 atom stereocenters. The lowest BCUT2D eigenvalue weighted by molar-refractivity contribution is -0.142. The first-order valence-corrected chi connectivity index (χ1v) is 7.35. The van der Waals surface area contributed by atoms with Gasteiger partial charge in [-0.05, 0) is 5.92 Å². The first-order chi connectivity index (χ1) is 10.6. The number of halogens is 3. The van der Waals surface area contributed by atoms with Gasteiger partial charge in [-0.2, -0.15) is 23.3 Å².